The smallest absolute Gasteiger partial charge is 0.330 e. The van der Waals surface area contributed by atoms with Crippen molar-refractivity contribution in [2.45, 2.75) is 30.7 Å². The number of carbonyl (C=O) groups is 1. The minimum Gasteiger partial charge on any atom is -0.504 e. The van der Waals surface area contributed by atoms with Crippen LogP contribution in [0.4, 0.5) is 0 Å². The molecule has 5 atom stereocenters. The van der Waals surface area contributed by atoms with Gasteiger partial charge in [0.1, 0.15) is 31.0 Å². The summed E-state index contributed by atoms with van der Waals surface area (Å²) in [5.41, 5.74) is 0.435. The molecule has 9 heteroatoms. The van der Waals surface area contributed by atoms with Crippen molar-refractivity contribution in [3.63, 3.8) is 0 Å². The molecule has 0 aliphatic carbocycles. The second-order valence-corrected chi connectivity index (χ2v) is 5.25. The SMILES string of the molecule is O=C(/C=C/c1ccc(O)c(O)c1)OC[C@@H]1O[C@H](O)[C@@H](O)[C@H](O)[C@H]1O. The third-order valence-corrected chi connectivity index (χ3v) is 3.49. The first-order chi connectivity index (χ1) is 11.3. The molecular weight excluding hydrogens is 324 g/mol. The predicted octanol–water partition coefficient (Wildman–Crippen LogP) is -1.55. The van der Waals surface area contributed by atoms with Crippen molar-refractivity contribution in [2.75, 3.05) is 6.61 Å². The maximum atomic E-state index is 11.6. The Hall–Kier alpha value is -2.17. The summed E-state index contributed by atoms with van der Waals surface area (Å²) >= 11 is 0. The number of hydrogen-bond donors (Lipinski definition) is 6. The van der Waals surface area contributed by atoms with Gasteiger partial charge in [-0.25, -0.2) is 4.79 Å². The Morgan fingerprint density at radius 2 is 1.79 bits per heavy atom. The molecule has 1 saturated heterocycles. The van der Waals surface area contributed by atoms with Gasteiger partial charge in [-0.15, -0.1) is 0 Å². The van der Waals surface area contributed by atoms with Gasteiger partial charge in [0.05, 0.1) is 0 Å². The molecule has 0 unspecified atom stereocenters. The molecule has 0 bridgehead atoms. The first-order valence-corrected chi connectivity index (χ1v) is 7.04. The number of phenols is 2. The van der Waals surface area contributed by atoms with Gasteiger partial charge in [0.2, 0.25) is 0 Å². The first kappa shape index (κ1) is 18.2. The number of carbonyl (C=O) groups excluding carboxylic acids is 1. The van der Waals surface area contributed by atoms with Gasteiger partial charge in [-0.3, -0.25) is 0 Å². The highest BCUT2D eigenvalue weighted by atomic mass is 16.6. The monoisotopic (exact) mass is 342 g/mol. The van der Waals surface area contributed by atoms with Crippen LogP contribution in [0.1, 0.15) is 5.56 Å². The molecule has 1 aliphatic heterocycles. The van der Waals surface area contributed by atoms with Crippen molar-refractivity contribution in [2.24, 2.45) is 0 Å². The standard InChI is InChI=1S/C15H18O9/c16-8-3-1-7(5-9(8)17)2-4-11(18)23-6-10-12(19)13(20)14(21)15(22)24-10/h1-5,10,12-17,19-22H,6H2/b4-2+/t10-,12-,13+,14-,15-/m0/s1. The van der Waals surface area contributed by atoms with Gasteiger partial charge in [0, 0.05) is 6.08 Å². The molecule has 0 radical (unpaired) electrons. The highest BCUT2D eigenvalue weighted by Crippen LogP contribution is 2.25. The zero-order valence-corrected chi connectivity index (χ0v) is 12.4. The van der Waals surface area contributed by atoms with Crippen molar-refractivity contribution in [3.05, 3.63) is 29.8 Å². The number of ether oxygens (including phenoxy) is 2. The molecule has 132 valence electrons. The van der Waals surface area contributed by atoms with Gasteiger partial charge in [-0.2, -0.15) is 0 Å². The first-order valence-electron chi connectivity index (χ1n) is 7.04. The van der Waals surface area contributed by atoms with Crippen LogP contribution >= 0.6 is 0 Å². The number of aromatic hydroxyl groups is 2. The summed E-state index contributed by atoms with van der Waals surface area (Å²) in [6.07, 6.45) is -5.36. The van der Waals surface area contributed by atoms with Crippen LogP contribution < -0.4 is 0 Å². The van der Waals surface area contributed by atoms with Crippen LogP contribution in [-0.2, 0) is 14.3 Å². The molecule has 0 aromatic heterocycles. The number of phenolic OH excluding ortho intramolecular Hbond substituents is 2. The lowest BCUT2D eigenvalue weighted by Crippen LogP contribution is -2.58. The van der Waals surface area contributed by atoms with Crippen molar-refractivity contribution >= 4 is 12.0 Å². The van der Waals surface area contributed by atoms with Crippen molar-refractivity contribution in [3.8, 4) is 11.5 Å². The van der Waals surface area contributed by atoms with E-state index in [1.165, 1.54) is 24.3 Å². The van der Waals surface area contributed by atoms with Gasteiger partial charge in [-0.1, -0.05) is 6.07 Å². The second-order valence-electron chi connectivity index (χ2n) is 5.25. The Bertz CT molecular complexity index is 615. The number of aliphatic hydroxyl groups excluding tert-OH is 4. The number of esters is 1. The molecule has 24 heavy (non-hydrogen) atoms. The highest BCUT2D eigenvalue weighted by Gasteiger charge is 2.43. The number of aliphatic hydroxyl groups is 4. The fraction of sp³-hybridized carbons (Fsp3) is 0.400. The van der Waals surface area contributed by atoms with Gasteiger partial charge in [0.25, 0.3) is 0 Å². The largest absolute Gasteiger partial charge is 0.504 e. The average Bonchev–Trinajstić information content (AvgIpc) is 2.56. The van der Waals surface area contributed by atoms with E-state index in [1.54, 1.807) is 0 Å². The molecule has 1 heterocycles. The predicted molar refractivity (Wildman–Crippen MR) is 78.7 cm³/mol. The third-order valence-electron chi connectivity index (χ3n) is 3.49. The number of hydrogen-bond acceptors (Lipinski definition) is 9. The number of benzene rings is 1. The van der Waals surface area contributed by atoms with E-state index in [-0.39, 0.29) is 11.5 Å². The average molecular weight is 342 g/mol. The van der Waals surface area contributed by atoms with E-state index in [0.717, 1.165) is 6.08 Å². The van der Waals surface area contributed by atoms with E-state index < -0.39 is 43.3 Å². The van der Waals surface area contributed by atoms with Crippen LogP contribution in [0, 0.1) is 0 Å². The fourth-order valence-electron chi connectivity index (χ4n) is 2.09. The molecule has 2 rings (SSSR count). The molecule has 0 saturated carbocycles. The molecule has 1 fully saturated rings. The molecular formula is C15H18O9. The summed E-state index contributed by atoms with van der Waals surface area (Å²) in [5, 5.41) is 56.4. The third kappa shape index (κ3) is 4.22. The molecule has 9 nitrogen and oxygen atoms in total. The summed E-state index contributed by atoms with van der Waals surface area (Å²) in [6, 6.07) is 3.95. The van der Waals surface area contributed by atoms with Crippen LogP contribution in [0.25, 0.3) is 6.08 Å². The topological polar surface area (TPSA) is 157 Å². The Morgan fingerprint density at radius 3 is 2.46 bits per heavy atom. The summed E-state index contributed by atoms with van der Waals surface area (Å²) in [4.78, 5) is 11.6. The zero-order valence-electron chi connectivity index (χ0n) is 12.4. The van der Waals surface area contributed by atoms with Crippen LogP contribution in [0.5, 0.6) is 11.5 Å². The molecule has 0 spiro atoms. The van der Waals surface area contributed by atoms with E-state index in [9.17, 15) is 35.4 Å². The molecule has 1 aliphatic rings. The summed E-state index contributed by atoms with van der Waals surface area (Å²) in [6.45, 7) is -0.452. The summed E-state index contributed by atoms with van der Waals surface area (Å²) < 4.78 is 9.69. The maximum absolute atomic E-state index is 11.6. The Kier molecular flexibility index (Phi) is 5.75. The van der Waals surface area contributed by atoms with Gasteiger partial charge in [0.15, 0.2) is 17.8 Å². The Labute approximate surface area is 136 Å². The van der Waals surface area contributed by atoms with Crippen LogP contribution in [-0.4, -0.2) is 73.9 Å². The van der Waals surface area contributed by atoms with E-state index in [2.05, 4.69) is 0 Å². The quantitative estimate of drug-likeness (QED) is 0.217. The minimum atomic E-state index is -1.71. The second kappa shape index (κ2) is 7.60. The van der Waals surface area contributed by atoms with E-state index in [1.807, 2.05) is 0 Å². The van der Waals surface area contributed by atoms with E-state index in [0.29, 0.717) is 5.56 Å². The van der Waals surface area contributed by atoms with E-state index >= 15 is 0 Å². The van der Waals surface area contributed by atoms with Crippen LogP contribution in [0.15, 0.2) is 24.3 Å². The summed E-state index contributed by atoms with van der Waals surface area (Å²) in [7, 11) is 0. The fourth-order valence-corrected chi connectivity index (χ4v) is 2.09. The lowest BCUT2D eigenvalue weighted by molar-refractivity contribution is -0.287. The Balaban J connectivity index is 1.88. The summed E-state index contributed by atoms with van der Waals surface area (Å²) in [5.74, 6) is -1.43. The highest BCUT2D eigenvalue weighted by molar-refractivity contribution is 5.87. The van der Waals surface area contributed by atoms with Crippen LogP contribution in [0.2, 0.25) is 0 Å². The van der Waals surface area contributed by atoms with Crippen molar-refractivity contribution in [1.82, 2.24) is 0 Å². The van der Waals surface area contributed by atoms with Gasteiger partial charge < -0.3 is 40.1 Å². The van der Waals surface area contributed by atoms with Crippen molar-refractivity contribution in [1.29, 1.82) is 0 Å². The molecule has 0 amide bonds. The van der Waals surface area contributed by atoms with Gasteiger partial charge >= 0.3 is 5.97 Å². The molecule has 6 N–H and O–H groups in total. The van der Waals surface area contributed by atoms with Gasteiger partial charge in [-0.05, 0) is 23.8 Å². The normalized spacial score (nSPS) is 30.4. The maximum Gasteiger partial charge on any atom is 0.330 e. The zero-order chi connectivity index (χ0) is 17.9. The lowest BCUT2D eigenvalue weighted by atomic mass is 9.99. The van der Waals surface area contributed by atoms with E-state index in [4.69, 9.17) is 9.47 Å². The minimum absolute atomic E-state index is 0.294. The molecule has 1 aromatic rings. The Morgan fingerprint density at radius 1 is 1.08 bits per heavy atom. The van der Waals surface area contributed by atoms with Crippen molar-refractivity contribution < 1.29 is 44.9 Å². The number of rotatable bonds is 4. The van der Waals surface area contributed by atoms with Crippen LogP contribution in [0.3, 0.4) is 0 Å². The lowest BCUT2D eigenvalue weighted by Gasteiger charge is -2.37. The molecule has 1 aromatic carbocycles.